The van der Waals surface area contributed by atoms with E-state index < -0.39 is 22.2 Å². The molecule has 0 saturated carbocycles. The summed E-state index contributed by atoms with van der Waals surface area (Å²) in [6.07, 6.45) is 0.885. The minimum absolute atomic E-state index is 0.121. The molecule has 7 nitrogen and oxygen atoms in total. The van der Waals surface area contributed by atoms with Gasteiger partial charge in [-0.3, -0.25) is 4.90 Å². The summed E-state index contributed by atoms with van der Waals surface area (Å²) in [5.41, 5.74) is 1.34. The number of hydrogen-bond acceptors (Lipinski definition) is 5. The van der Waals surface area contributed by atoms with Crippen molar-refractivity contribution in [1.29, 1.82) is 0 Å². The molecule has 1 atom stereocenters. The van der Waals surface area contributed by atoms with Crippen LogP contribution in [0.5, 0.6) is 0 Å². The molecular formula is C19H18BrN3O4S. The summed E-state index contributed by atoms with van der Waals surface area (Å²) in [4.78, 5) is 14.3. The standard InChI is InChI=1S/C19H18BrN3O4S/c20-14-8-9-17-15(11-14)21-18(22-28(17,25)26)16-7-4-10-23(16)19(24)27-12-13-5-2-1-3-6-13/h1-3,5-6,8-9,11,16H,4,7,10,12H2,(H,21,22)/t16-/m0/s1. The van der Waals surface area contributed by atoms with Gasteiger partial charge in [-0.05, 0) is 36.6 Å². The van der Waals surface area contributed by atoms with E-state index in [1.165, 1.54) is 11.0 Å². The molecule has 0 unspecified atom stereocenters. The number of amidine groups is 1. The lowest BCUT2D eigenvalue weighted by Crippen LogP contribution is -2.44. The first kappa shape index (κ1) is 18.9. The van der Waals surface area contributed by atoms with Crippen molar-refractivity contribution in [2.75, 3.05) is 11.9 Å². The SMILES string of the molecule is O=C(OCc1ccccc1)N1CCC[C@H]1C1=NS(=O)(=O)c2ccc(Br)cc2N1. The monoisotopic (exact) mass is 463 g/mol. The van der Waals surface area contributed by atoms with Crippen molar-refractivity contribution < 1.29 is 17.9 Å². The van der Waals surface area contributed by atoms with Gasteiger partial charge in [-0.1, -0.05) is 46.3 Å². The topological polar surface area (TPSA) is 88.1 Å². The Bertz CT molecular complexity index is 1040. The third-order valence-corrected chi connectivity index (χ3v) is 6.55. The van der Waals surface area contributed by atoms with Crippen molar-refractivity contribution >= 4 is 43.6 Å². The Morgan fingerprint density at radius 1 is 1.25 bits per heavy atom. The van der Waals surface area contributed by atoms with E-state index in [0.29, 0.717) is 18.7 Å². The fourth-order valence-electron chi connectivity index (χ4n) is 3.38. The van der Waals surface area contributed by atoms with Crippen LogP contribution in [0.1, 0.15) is 18.4 Å². The van der Waals surface area contributed by atoms with E-state index in [9.17, 15) is 13.2 Å². The Balaban J connectivity index is 1.53. The molecule has 9 heteroatoms. The largest absolute Gasteiger partial charge is 0.445 e. The summed E-state index contributed by atoms with van der Waals surface area (Å²) in [6, 6.07) is 13.8. The predicted octanol–water partition coefficient (Wildman–Crippen LogP) is 3.76. The minimum atomic E-state index is -3.82. The Morgan fingerprint density at radius 3 is 2.82 bits per heavy atom. The Morgan fingerprint density at radius 2 is 2.04 bits per heavy atom. The highest BCUT2D eigenvalue weighted by Crippen LogP contribution is 2.32. The highest BCUT2D eigenvalue weighted by Gasteiger charge is 2.37. The van der Waals surface area contributed by atoms with Crippen LogP contribution >= 0.6 is 15.9 Å². The summed E-state index contributed by atoms with van der Waals surface area (Å²) < 4.78 is 35.2. The van der Waals surface area contributed by atoms with Crippen LogP contribution in [-0.4, -0.2) is 37.8 Å². The molecule has 2 aliphatic heterocycles. The first-order valence-corrected chi connectivity index (χ1v) is 11.1. The molecule has 0 radical (unpaired) electrons. The second-order valence-electron chi connectivity index (χ2n) is 6.61. The van der Waals surface area contributed by atoms with E-state index in [1.807, 2.05) is 30.3 Å². The van der Waals surface area contributed by atoms with Crippen LogP contribution in [0, 0.1) is 0 Å². The molecule has 2 aliphatic rings. The summed E-state index contributed by atoms with van der Waals surface area (Å²) in [5.74, 6) is 0.250. The van der Waals surface area contributed by atoms with Crippen LogP contribution in [0.15, 0.2) is 62.3 Å². The highest BCUT2D eigenvalue weighted by atomic mass is 79.9. The van der Waals surface area contributed by atoms with Gasteiger partial charge in [-0.2, -0.15) is 8.42 Å². The number of halogens is 1. The second-order valence-corrected chi connectivity index (χ2v) is 9.10. The molecule has 1 fully saturated rings. The number of hydrogen-bond donors (Lipinski definition) is 1. The summed E-state index contributed by atoms with van der Waals surface area (Å²) in [5, 5.41) is 3.09. The van der Waals surface area contributed by atoms with Gasteiger partial charge >= 0.3 is 6.09 Å². The van der Waals surface area contributed by atoms with E-state index in [-0.39, 0.29) is 17.3 Å². The number of fused-ring (bicyclic) bond motifs is 1. The molecule has 2 heterocycles. The summed E-state index contributed by atoms with van der Waals surface area (Å²) in [6.45, 7) is 0.654. The molecule has 4 rings (SSSR count). The van der Waals surface area contributed by atoms with Gasteiger partial charge in [0.15, 0.2) is 0 Å². The maximum Gasteiger partial charge on any atom is 0.410 e. The average molecular weight is 464 g/mol. The van der Waals surface area contributed by atoms with Crippen molar-refractivity contribution in [1.82, 2.24) is 4.90 Å². The first-order valence-electron chi connectivity index (χ1n) is 8.83. The number of amides is 1. The Labute approximate surface area is 171 Å². The van der Waals surface area contributed by atoms with Crippen LogP contribution in [0.2, 0.25) is 0 Å². The normalized spacial score (nSPS) is 20.1. The predicted molar refractivity (Wildman–Crippen MR) is 109 cm³/mol. The summed E-state index contributed by atoms with van der Waals surface area (Å²) in [7, 11) is -3.82. The van der Waals surface area contributed by atoms with Gasteiger partial charge in [0.25, 0.3) is 10.0 Å². The molecule has 1 amide bonds. The highest BCUT2D eigenvalue weighted by molar-refractivity contribution is 9.10. The van der Waals surface area contributed by atoms with Gasteiger partial charge in [0, 0.05) is 11.0 Å². The molecule has 2 aromatic carbocycles. The van der Waals surface area contributed by atoms with Crippen molar-refractivity contribution in [2.45, 2.75) is 30.4 Å². The fourth-order valence-corrected chi connectivity index (χ4v) is 4.89. The van der Waals surface area contributed by atoms with Crippen molar-refractivity contribution in [3.8, 4) is 0 Å². The van der Waals surface area contributed by atoms with Crippen LogP contribution in [-0.2, 0) is 21.4 Å². The Kier molecular flexibility index (Phi) is 5.11. The smallest absolute Gasteiger partial charge is 0.410 e. The van der Waals surface area contributed by atoms with E-state index in [1.54, 1.807) is 12.1 Å². The quantitative estimate of drug-likeness (QED) is 0.748. The second kappa shape index (κ2) is 7.56. The number of anilines is 1. The molecule has 0 aromatic heterocycles. The van der Waals surface area contributed by atoms with Crippen molar-refractivity contribution in [3.05, 3.63) is 58.6 Å². The van der Waals surface area contributed by atoms with E-state index >= 15 is 0 Å². The fraction of sp³-hybridized carbons (Fsp3) is 0.263. The number of sulfonamides is 1. The van der Waals surface area contributed by atoms with E-state index in [4.69, 9.17) is 4.74 Å². The van der Waals surface area contributed by atoms with E-state index in [2.05, 4.69) is 25.6 Å². The van der Waals surface area contributed by atoms with Gasteiger partial charge in [0.1, 0.15) is 17.3 Å². The molecule has 2 aromatic rings. The third kappa shape index (κ3) is 3.77. The van der Waals surface area contributed by atoms with Gasteiger partial charge in [-0.15, -0.1) is 4.40 Å². The number of nitrogens with one attached hydrogen (secondary N) is 1. The summed E-state index contributed by atoms with van der Waals surface area (Å²) >= 11 is 3.35. The Hall–Kier alpha value is -2.39. The molecule has 0 spiro atoms. The number of rotatable bonds is 3. The zero-order valence-corrected chi connectivity index (χ0v) is 17.2. The zero-order chi connectivity index (χ0) is 19.7. The van der Waals surface area contributed by atoms with Crippen LogP contribution in [0.3, 0.4) is 0 Å². The number of carbonyl (C=O) groups is 1. The van der Waals surface area contributed by atoms with Gasteiger partial charge in [0.2, 0.25) is 0 Å². The molecule has 28 heavy (non-hydrogen) atoms. The molecule has 0 aliphatic carbocycles. The molecule has 0 bridgehead atoms. The number of ether oxygens (including phenoxy) is 1. The average Bonchev–Trinajstić information content (AvgIpc) is 3.16. The maximum absolute atomic E-state index is 12.6. The van der Waals surface area contributed by atoms with Crippen LogP contribution in [0.4, 0.5) is 10.5 Å². The number of likely N-dealkylation sites (tertiary alicyclic amines) is 1. The number of nitrogens with zero attached hydrogens (tertiary/aromatic N) is 2. The number of carbonyl (C=O) groups excluding carboxylic acids is 1. The number of benzene rings is 2. The van der Waals surface area contributed by atoms with Crippen LogP contribution in [0.25, 0.3) is 0 Å². The van der Waals surface area contributed by atoms with Gasteiger partial charge in [0.05, 0.1) is 11.7 Å². The molecule has 146 valence electrons. The lowest BCUT2D eigenvalue weighted by atomic mass is 10.2. The van der Waals surface area contributed by atoms with Gasteiger partial charge < -0.3 is 10.1 Å². The van der Waals surface area contributed by atoms with Crippen molar-refractivity contribution in [3.63, 3.8) is 0 Å². The lowest BCUT2D eigenvalue weighted by molar-refractivity contribution is 0.0992. The lowest BCUT2D eigenvalue weighted by Gasteiger charge is -2.28. The molecular weight excluding hydrogens is 446 g/mol. The van der Waals surface area contributed by atoms with Gasteiger partial charge in [-0.25, -0.2) is 4.79 Å². The molecule has 1 N–H and O–H groups in total. The van der Waals surface area contributed by atoms with E-state index in [0.717, 1.165) is 16.5 Å². The van der Waals surface area contributed by atoms with Crippen LogP contribution < -0.4 is 5.32 Å². The maximum atomic E-state index is 12.6. The first-order chi connectivity index (χ1) is 13.4. The van der Waals surface area contributed by atoms with Crippen molar-refractivity contribution in [2.24, 2.45) is 4.40 Å². The molecule has 1 saturated heterocycles. The zero-order valence-electron chi connectivity index (χ0n) is 14.8. The minimum Gasteiger partial charge on any atom is -0.445 e. The third-order valence-electron chi connectivity index (χ3n) is 4.71.